The molecule has 0 spiro atoms. The topological polar surface area (TPSA) is 133 Å². The molecule has 0 saturated carbocycles. The second-order valence-corrected chi connectivity index (χ2v) is 6.27. The van der Waals surface area contributed by atoms with Crippen LogP contribution in [-0.2, 0) is 14.2 Å². The molecule has 9 heteroatoms. The first-order chi connectivity index (χ1) is 9.73. The van der Waals surface area contributed by atoms with Gasteiger partial charge in [0.25, 0.3) is 5.91 Å². The average molecular weight is 313 g/mol. The van der Waals surface area contributed by atoms with Crippen molar-refractivity contribution in [1.82, 2.24) is 9.99 Å². The number of amides is 2. The molecule has 5 N–H and O–H groups in total. The number of nitrogens with one attached hydrogen (secondary N) is 1. The van der Waals surface area contributed by atoms with E-state index in [4.69, 9.17) is 15.5 Å². The Balaban J connectivity index is 2.02. The van der Waals surface area contributed by atoms with Crippen molar-refractivity contribution >= 4 is 19.6 Å². The summed E-state index contributed by atoms with van der Waals surface area (Å²) < 4.78 is 11.5. The van der Waals surface area contributed by atoms with E-state index >= 15 is 0 Å². The van der Waals surface area contributed by atoms with Crippen LogP contribution in [0.4, 0.5) is 0 Å². The molecule has 1 heterocycles. The van der Waals surface area contributed by atoms with Gasteiger partial charge in [-0.05, 0) is 12.5 Å². The van der Waals surface area contributed by atoms with Gasteiger partial charge in [-0.1, -0.05) is 30.3 Å². The van der Waals surface area contributed by atoms with Gasteiger partial charge >= 0.3 is 7.75 Å². The third-order valence-electron chi connectivity index (χ3n) is 3.38. The fourth-order valence-corrected chi connectivity index (χ4v) is 3.20. The zero-order valence-corrected chi connectivity index (χ0v) is 12.1. The van der Waals surface area contributed by atoms with Crippen molar-refractivity contribution in [3.05, 3.63) is 35.9 Å². The van der Waals surface area contributed by atoms with Crippen molar-refractivity contribution in [3.63, 3.8) is 0 Å². The number of nitrogens with two attached hydrogens (primary N) is 1. The minimum atomic E-state index is -4.64. The number of nitrogens with zero attached hydrogens (tertiary/aromatic N) is 1. The van der Waals surface area contributed by atoms with Gasteiger partial charge in [-0.15, -0.1) is 0 Å². The Hall–Kier alpha value is -1.73. The number of benzene rings is 1. The van der Waals surface area contributed by atoms with Crippen molar-refractivity contribution in [1.29, 1.82) is 0 Å². The van der Waals surface area contributed by atoms with Crippen LogP contribution in [0.1, 0.15) is 18.5 Å². The minimum Gasteiger partial charge on any atom is -0.341 e. The molecule has 1 unspecified atom stereocenters. The predicted octanol–water partition coefficient (Wildman–Crippen LogP) is -0.505. The fraction of sp³-hybridized carbons (Fsp3) is 0.333. The lowest BCUT2D eigenvalue weighted by Crippen LogP contribution is -2.68. The van der Waals surface area contributed by atoms with Crippen molar-refractivity contribution in [2.45, 2.75) is 25.0 Å². The first kappa shape index (κ1) is 15.7. The quantitative estimate of drug-likeness (QED) is 0.437. The van der Waals surface area contributed by atoms with E-state index in [0.717, 1.165) is 0 Å². The Bertz CT molecular complexity index is 602. The minimum absolute atomic E-state index is 0.450. The molecule has 2 rings (SSSR count). The van der Waals surface area contributed by atoms with Crippen molar-refractivity contribution < 1.29 is 23.9 Å². The zero-order chi connectivity index (χ0) is 15.8. The Morgan fingerprint density at radius 1 is 1.38 bits per heavy atom. The Morgan fingerprint density at radius 3 is 2.43 bits per heavy atom. The summed E-state index contributed by atoms with van der Waals surface area (Å²) in [6, 6.07) is 5.89. The normalized spacial score (nSPS) is 23.4. The Morgan fingerprint density at radius 2 is 1.95 bits per heavy atom. The summed E-state index contributed by atoms with van der Waals surface area (Å²) in [5, 5.41) is 2.42. The molecule has 8 nitrogen and oxygen atoms in total. The number of hydrogen-bond acceptors (Lipinski definition) is 4. The van der Waals surface area contributed by atoms with Gasteiger partial charge in [-0.3, -0.25) is 9.59 Å². The SMILES string of the molecule is C[C@@H]1[C@@H](NC(=O)C(N)c2ccccc2)C(=O)N1P(=O)(O)O. The van der Waals surface area contributed by atoms with Crippen molar-refractivity contribution in [2.24, 2.45) is 5.73 Å². The van der Waals surface area contributed by atoms with Gasteiger partial charge < -0.3 is 20.8 Å². The van der Waals surface area contributed by atoms with Crippen LogP contribution in [0, 0.1) is 0 Å². The van der Waals surface area contributed by atoms with E-state index in [2.05, 4.69) is 5.32 Å². The van der Waals surface area contributed by atoms with E-state index in [1.807, 2.05) is 0 Å². The second kappa shape index (κ2) is 5.57. The molecule has 1 aromatic rings. The summed E-state index contributed by atoms with van der Waals surface area (Å²) in [6.07, 6.45) is 0. The van der Waals surface area contributed by atoms with Crippen LogP contribution in [0.5, 0.6) is 0 Å². The summed E-state index contributed by atoms with van der Waals surface area (Å²) in [7, 11) is -4.64. The highest BCUT2D eigenvalue weighted by molar-refractivity contribution is 7.50. The molecule has 0 bridgehead atoms. The lowest BCUT2D eigenvalue weighted by molar-refractivity contribution is -0.146. The molecule has 1 aliphatic rings. The monoisotopic (exact) mass is 313 g/mol. The fourth-order valence-electron chi connectivity index (χ4n) is 2.21. The van der Waals surface area contributed by atoms with E-state index in [1.165, 1.54) is 6.92 Å². The van der Waals surface area contributed by atoms with Gasteiger partial charge in [-0.25, -0.2) is 9.24 Å². The van der Waals surface area contributed by atoms with E-state index in [9.17, 15) is 14.2 Å². The third kappa shape index (κ3) is 2.98. The van der Waals surface area contributed by atoms with Gasteiger partial charge in [0.2, 0.25) is 5.91 Å². The summed E-state index contributed by atoms with van der Waals surface area (Å²) in [5.41, 5.74) is 6.37. The number of rotatable bonds is 4. The molecule has 1 saturated heterocycles. The van der Waals surface area contributed by atoms with Crippen LogP contribution in [-0.4, -0.2) is 38.4 Å². The van der Waals surface area contributed by atoms with E-state index < -0.39 is 37.7 Å². The predicted molar refractivity (Wildman–Crippen MR) is 73.7 cm³/mol. The summed E-state index contributed by atoms with van der Waals surface area (Å²) in [5.74, 6) is -1.39. The number of hydrogen-bond donors (Lipinski definition) is 4. The molecule has 0 aromatic heterocycles. The largest absolute Gasteiger partial charge is 0.432 e. The van der Waals surface area contributed by atoms with Crippen LogP contribution in [0.15, 0.2) is 30.3 Å². The summed E-state index contributed by atoms with van der Waals surface area (Å²) >= 11 is 0. The first-order valence-corrected chi connectivity index (χ1v) is 7.80. The maximum atomic E-state index is 12.0. The highest BCUT2D eigenvalue weighted by Gasteiger charge is 2.53. The summed E-state index contributed by atoms with van der Waals surface area (Å²) in [6.45, 7) is 1.44. The lowest BCUT2D eigenvalue weighted by Gasteiger charge is -2.44. The van der Waals surface area contributed by atoms with Gasteiger partial charge in [0.1, 0.15) is 12.1 Å². The first-order valence-electron chi connectivity index (χ1n) is 6.23. The zero-order valence-electron chi connectivity index (χ0n) is 11.2. The molecular weight excluding hydrogens is 297 g/mol. The highest BCUT2D eigenvalue weighted by atomic mass is 31.2. The van der Waals surface area contributed by atoms with Gasteiger partial charge in [-0.2, -0.15) is 0 Å². The van der Waals surface area contributed by atoms with Crippen LogP contribution in [0.2, 0.25) is 0 Å². The van der Waals surface area contributed by atoms with E-state index in [0.29, 0.717) is 10.2 Å². The average Bonchev–Trinajstić information content (AvgIpc) is 2.43. The van der Waals surface area contributed by atoms with E-state index in [1.54, 1.807) is 30.3 Å². The highest BCUT2D eigenvalue weighted by Crippen LogP contribution is 2.47. The van der Waals surface area contributed by atoms with Gasteiger partial charge in [0.15, 0.2) is 0 Å². The maximum absolute atomic E-state index is 12.0. The molecule has 21 heavy (non-hydrogen) atoms. The molecular formula is C12H16N3O5P. The number of carbonyl (C=O) groups excluding carboxylic acids is 2. The molecule has 1 aliphatic heterocycles. The molecule has 0 radical (unpaired) electrons. The smallest absolute Gasteiger partial charge is 0.341 e. The Kier molecular flexibility index (Phi) is 4.15. The Labute approximate surface area is 121 Å². The molecule has 1 aromatic carbocycles. The molecule has 114 valence electrons. The summed E-state index contributed by atoms with van der Waals surface area (Å²) in [4.78, 5) is 41.7. The van der Waals surface area contributed by atoms with Crippen LogP contribution < -0.4 is 11.1 Å². The molecule has 1 fully saturated rings. The second-order valence-electron chi connectivity index (χ2n) is 4.81. The van der Waals surface area contributed by atoms with Gasteiger partial charge in [0, 0.05) is 0 Å². The van der Waals surface area contributed by atoms with Crippen molar-refractivity contribution in [3.8, 4) is 0 Å². The number of β-lactam (4-membered cyclic amide) rings is 1. The third-order valence-corrected chi connectivity index (χ3v) is 4.50. The van der Waals surface area contributed by atoms with Crippen LogP contribution in [0.3, 0.4) is 0 Å². The van der Waals surface area contributed by atoms with Crippen LogP contribution in [0.25, 0.3) is 0 Å². The van der Waals surface area contributed by atoms with Crippen LogP contribution >= 0.6 is 7.75 Å². The standard InChI is InChI=1S/C12H16N3O5P/c1-7-10(12(17)15(7)21(18,19)20)14-11(16)9(13)8-5-3-2-4-6-8/h2-7,9-10H,13H2,1H3,(H,14,16)(H2,18,19,20)/t7-,9?,10-/m1/s1. The van der Waals surface area contributed by atoms with Crippen molar-refractivity contribution in [2.75, 3.05) is 0 Å². The molecule has 3 atom stereocenters. The lowest BCUT2D eigenvalue weighted by atomic mass is 9.99. The van der Waals surface area contributed by atoms with E-state index in [-0.39, 0.29) is 0 Å². The molecule has 0 aliphatic carbocycles. The molecule has 2 amide bonds. The maximum Gasteiger partial charge on any atom is 0.432 e. The van der Waals surface area contributed by atoms with Gasteiger partial charge in [0.05, 0.1) is 6.04 Å². The number of carbonyl (C=O) groups is 2.